The number of nitrogens with one attached hydrogen (secondary N) is 1. The zero-order valence-electron chi connectivity index (χ0n) is 9.76. The van der Waals surface area contributed by atoms with Crippen molar-refractivity contribution in [2.75, 3.05) is 6.61 Å². The lowest BCUT2D eigenvalue weighted by Gasteiger charge is -2.24. The topological polar surface area (TPSA) is 150 Å². The van der Waals surface area contributed by atoms with Crippen LogP contribution in [0.1, 0.15) is 11.8 Å². The minimum Gasteiger partial charge on any atom is -0.392 e. The van der Waals surface area contributed by atoms with Gasteiger partial charge in [0.1, 0.15) is 29.5 Å². The van der Waals surface area contributed by atoms with Gasteiger partial charge in [-0.2, -0.15) is 10.2 Å². The molecule has 0 saturated carbocycles. The molecule has 9 heteroatoms. The van der Waals surface area contributed by atoms with Crippen LogP contribution in [0.25, 0.3) is 11.0 Å². The molecule has 102 valence electrons. The largest absolute Gasteiger partial charge is 0.392 e. The molecule has 0 bridgehead atoms. The SMILES string of the molecule is N[C@]1(CO)OC(c2nncc3[nH]cnc23)[C@H](O)[C@@H]1O. The number of nitrogens with two attached hydrogens (primary N) is 1. The molecule has 1 unspecified atom stereocenters. The number of hydrogen-bond donors (Lipinski definition) is 5. The van der Waals surface area contributed by atoms with E-state index >= 15 is 0 Å². The molecule has 3 rings (SSSR count). The van der Waals surface area contributed by atoms with Gasteiger partial charge in [-0.1, -0.05) is 0 Å². The number of hydrogen-bond acceptors (Lipinski definition) is 8. The molecule has 2 aromatic heterocycles. The summed E-state index contributed by atoms with van der Waals surface area (Å²) in [5.41, 5.74) is 5.29. The van der Waals surface area contributed by atoms with Gasteiger partial charge in [-0.05, 0) is 0 Å². The summed E-state index contributed by atoms with van der Waals surface area (Å²) < 4.78 is 5.36. The van der Waals surface area contributed by atoms with Crippen molar-refractivity contribution in [1.82, 2.24) is 20.2 Å². The summed E-state index contributed by atoms with van der Waals surface area (Å²) in [6.07, 6.45) is -0.832. The van der Waals surface area contributed by atoms with E-state index in [1.807, 2.05) is 0 Å². The number of aromatic nitrogens is 4. The Balaban J connectivity index is 2.06. The van der Waals surface area contributed by atoms with E-state index in [1.54, 1.807) is 0 Å². The van der Waals surface area contributed by atoms with Crippen LogP contribution in [0.15, 0.2) is 12.5 Å². The maximum Gasteiger partial charge on any atom is 0.169 e. The van der Waals surface area contributed by atoms with Gasteiger partial charge in [0.15, 0.2) is 5.72 Å². The van der Waals surface area contributed by atoms with Crippen LogP contribution < -0.4 is 5.73 Å². The zero-order valence-corrected chi connectivity index (χ0v) is 9.76. The predicted molar refractivity (Wildman–Crippen MR) is 61.5 cm³/mol. The Morgan fingerprint density at radius 1 is 1.47 bits per heavy atom. The number of rotatable bonds is 2. The summed E-state index contributed by atoms with van der Waals surface area (Å²) >= 11 is 0. The minimum absolute atomic E-state index is 0.256. The third-order valence-corrected chi connectivity index (χ3v) is 3.26. The summed E-state index contributed by atoms with van der Waals surface area (Å²) in [5, 5.41) is 36.7. The van der Waals surface area contributed by atoms with Gasteiger partial charge in [-0.15, -0.1) is 0 Å². The van der Waals surface area contributed by atoms with Crippen LogP contribution in [0.3, 0.4) is 0 Å². The van der Waals surface area contributed by atoms with E-state index in [0.717, 1.165) is 0 Å². The van der Waals surface area contributed by atoms with Crippen molar-refractivity contribution in [3.63, 3.8) is 0 Å². The van der Waals surface area contributed by atoms with Crippen molar-refractivity contribution in [3.05, 3.63) is 18.2 Å². The summed E-state index contributed by atoms with van der Waals surface area (Å²) in [6.45, 7) is -0.633. The molecule has 0 aromatic carbocycles. The Hall–Kier alpha value is -1.65. The molecule has 0 radical (unpaired) electrons. The van der Waals surface area contributed by atoms with E-state index in [2.05, 4.69) is 20.2 Å². The normalized spacial score (nSPS) is 35.1. The van der Waals surface area contributed by atoms with Gasteiger partial charge in [0.2, 0.25) is 0 Å². The van der Waals surface area contributed by atoms with Crippen LogP contribution in [0.2, 0.25) is 0 Å². The Kier molecular flexibility index (Phi) is 2.73. The van der Waals surface area contributed by atoms with Gasteiger partial charge >= 0.3 is 0 Å². The van der Waals surface area contributed by atoms with Crippen LogP contribution in [-0.4, -0.2) is 60.0 Å². The summed E-state index contributed by atoms with van der Waals surface area (Å²) in [4.78, 5) is 6.91. The Morgan fingerprint density at radius 2 is 2.26 bits per heavy atom. The van der Waals surface area contributed by atoms with Crippen molar-refractivity contribution < 1.29 is 20.1 Å². The number of imidazole rings is 1. The fraction of sp³-hybridized carbons (Fsp3) is 0.500. The second-order valence-corrected chi connectivity index (χ2v) is 4.48. The first-order valence-corrected chi connectivity index (χ1v) is 5.65. The van der Waals surface area contributed by atoms with E-state index in [4.69, 9.17) is 10.5 Å². The highest BCUT2D eigenvalue weighted by atomic mass is 16.6. The molecule has 1 fully saturated rings. The molecular weight excluding hydrogens is 254 g/mol. The number of H-pyrrole nitrogens is 1. The number of aliphatic hydroxyl groups excluding tert-OH is 3. The molecule has 19 heavy (non-hydrogen) atoms. The maximum absolute atomic E-state index is 10.0. The van der Waals surface area contributed by atoms with Gasteiger partial charge in [0.25, 0.3) is 0 Å². The molecule has 0 spiro atoms. The molecule has 1 aliphatic rings. The number of aromatic amines is 1. The minimum atomic E-state index is -1.73. The third kappa shape index (κ3) is 1.71. The van der Waals surface area contributed by atoms with Crippen molar-refractivity contribution >= 4 is 11.0 Å². The fourth-order valence-corrected chi connectivity index (χ4v) is 2.17. The van der Waals surface area contributed by atoms with E-state index in [9.17, 15) is 15.3 Å². The van der Waals surface area contributed by atoms with E-state index in [0.29, 0.717) is 11.0 Å². The van der Waals surface area contributed by atoms with Crippen molar-refractivity contribution in [1.29, 1.82) is 0 Å². The predicted octanol–water partition coefficient (Wildman–Crippen LogP) is -2.21. The molecule has 2 aromatic rings. The fourth-order valence-electron chi connectivity index (χ4n) is 2.17. The van der Waals surface area contributed by atoms with Crippen molar-refractivity contribution in [3.8, 4) is 0 Å². The smallest absolute Gasteiger partial charge is 0.169 e. The highest BCUT2D eigenvalue weighted by Gasteiger charge is 2.53. The molecule has 1 saturated heterocycles. The Bertz CT molecular complexity index is 604. The molecule has 0 aliphatic carbocycles. The number of aliphatic hydroxyl groups is 3. The number of nitrogens with zero attached hydrogens (tertiary/aromatic N) is 3. The monoisotopic (exact) mass is 267 g/mol. The second-order valence-electron chi connectivity index (χ2n) is 4.48. The third-order valence-electron chi connectivity index (χ3n) is 3.26. The quantitative estimate of drug-likeness (QED) is 0.411. The average Bonchev–Trinajstić information content (AvgIpc) is 2.98. The van der Waals surface area contributed by atoms with Crippen LogP contribution in [0.5, 0.6) is 0 Å². The highest BCUT2D eigenvalue weighted by Crippen LogP contribution is 2.37. The van der Waals surface area contributed by atoms with Crippen molar-refractivity contribution in [2.45, 2.75) is 24.0 Å². The van der Waals surface area contributed by atoms with E-state index in [1.165, 1.54) is 12.5 Å². The van der Waals surface area contributed by atoms with E-state index < -0.39 is 30.6 Å². The highest BCUT2D eigenvalue weighted by molar-refractivity contribution is 5.75. The average molecular weight is 267 g/mol. The summed E-state index contributed by atoms with van der Waals surface area (Å²) in [6, 6.07) is 0. The molecule has 4 atom stereocenters. The number of fused-ring (bicyclic) bond motifs is 1. The second kappa shape index (κ2) is 4.18. The first-order chi connectivity index (χ1) is 9.07. The van der Waals surface area contributed by atoms with Gasteiger partial charge < -0.3 is 25.0 Å². The Labute approximate surface area is 107 Å². The van der Waals surface area contributed by atoms with Crippen LogP contribution >= 0.6 is 0 Å². The first kappa shape index (κ1) is 12.4. The number of ether oxygens (including phenoxy) is 1. The van der Waals surface area contributed by atoms with Gasteiger partial charge in [0, 0.05) is 0 Å². The van der Waals surface area contributed by atoms with Gasteiger partial charge in [-0.3, -0.25) is 5.73 Å². The molecular formula is C10H13N5O4. The lowest BCUT2D eigenvalue weighted by molar-refractivity contribution is -0.109. The molecule has 9 nitrogen and oxygen atoms in total. The molecule has 6 N–H and O–H groups in total. The summed E-state index contributed by atoms with van der Waals surface area (Å²) in [5.74, 6) is 0. The molecule has 3 heterocycles. The van der Waals surface area contributed by atoms with Crippen LogP contribution in [0.4, 0.5) is 0 Å². The molecule has 0 amide bonds. The van der Waals surface area contributed by atoms with Crippen molar-refractivity contribution in [2.24, 2.45) is 5.73 Å². The molecule has 1 aliphatic heterocycles. The van der Waals surface area contributed by atoms with E-state index in [-0.39, 0.29) is 5.69 Å². The van der Waals surface area contributed by atoms with Crippen LogP contribution in [0, 0.1) is 0 Å². The van der Waals surface area contributed by atoms with Gasteiger partial charge in [-0.25, -0.2) is 4.98 Å². The first-order valence-electron chi connectivity index (χ1n) is 5.65. The zero-order chi connectivity index (χ0) is 13.6. The van der Waals surface area contributed by atoms with Crippen LogP contribution in [-0.2, 0) is 4.74 Å². The summed E-state index contributed by atoms with van der Waals surface area (Å²) in [7, 11) is 0. The lowest BCUT2D eigenvalue weighted by Crippen LogP contribution is -2.54. The maximum atomic E-state index is 10.0. The Morgan fingerprint density at radius 3 is 2.95 bits per heavy atom. The van der Waals surface area contributed by atoms with Gasteiger partial charge in [0.05, 0.1) is 24.6 Å². The standard InChI is InChI=1S/C10H13N5O4/c11-10(2-16)9(18)7(17)8(19-10)6-5-4(1-14-15-6)12-3-13-5/h1,3,7-9,16-18H,2,11H2,(H,12,13)/t7-,8?,9-,10+/m0/s1. The lowest BCUT2D eigenvalue weighted by atomic mass is 10.0.